The molecule has 0 fully saturated rings. The predicted octanol–water partition coefficient (Wildman–Crippen LogP) is 25.3. The van der Waals surface area contributed by atoms with E-state index in [0.717, 1.165) is 38.5 Å². The number of carbonyl (C=O) groups is 2. The Morgan fingerprint density at radius 2 is 0.494 bits per heavy atom. The minimum atomic E-state index is -0.661. The largest absolute Gasteiger partial charge is 0.466 e. The molecule has 0 aromatic rings. The maximum absolute atomic E-state index is 12.6. The van der Waals surface area contributed by atoms with Crippen LogP contribution < -0.4 is 5.32 Å². The number of unbranched alkanes of at least 4 members (excludes halogenated alkanes) is 63. The van der Waals surface area contributed by atoms with Gasteiger partial charge in [0, 0.05) is 12.8 Å². The first-order chi connectivity index (χ1) is 41.0. The van der Waals surface area contributed by atoms with Crippen LogP contribution in [0.1, 0.15) is 457 Å². The molecule has 0 bridgehead atoms. The quantitative estimate of drug-likeness (QED) is 0.0417. The van der Waals surface area contributed by atoms with Gasteiger partial charge in [0.1, 0.15) is 0 Å². The summed E-state index contributed by atoms with van der Waals surface area (Å²) >= 11 is 0. The molecule has 2 atom stereocenters. The highest BCUT2D eigenvalue weighted by molar-refractivity contribution is 5.76. The second-order valence-corrected chi connectivity index (χ2v) is 27.1. The lowest BCUT2D eigenvalue weighted by atomic mass is 10.0. The Kier molecular flexibility index (Phi) is 72.3. The summed E-state index contributed by atoms with van der Waals surface area (Å²) in [5, 5.41) is 23.5. The number of ether oxygens (including phenoxy) is 1. The fourth-order valence-corrected chi connectivity index (χ4v) is 12.8. The second kappa shape index (κ2) is 73.3. The van der Waals surface area contributed by atoms with E-state index in [9.17, 15) is 19.8 Å². The minimum Gasteiger partial charge on any atom is -0.466 e. The third-order valence-electron chi connectivity index (χ3n) is 18.7. The van der Waals surface area contributed by atoms with E-state index >= 15 is 0 Å². The normalized spacial score (nSPS) is 12.4. The first-order valence-corrected chi connectivity index (χ1v) is 38.8. The van der Waals surface area contributed by atoms with Gasteiger partial charge in [-0.2, -0.15) is 0 Å². The number of aliphatic hydroxyl groups is 2. The molecule has 83 heavy (non-hydrogen) atoms. The number of nitrogens with one attached hydrogen (secondary N) is 1. The number of carbonyl (C=O) groups excluding carboxylic acids is 2. The van der Waals surface area contributed by atoms with Gasteiger partial charge in [-0.05, 0) is 25.7 Å². The van der Waals surface area contributed by atoms with Crippen molar-refractivity contribution in [2.45, 2.75) is 469 Å². The molecule has 6 heteroatoms. The van der Waals surface area contributed by atoms with E-state index in [1.165, 1.54) is 385 Å². The van der Waals surface area contributed by atoms with Gasteiger partial charge in [0.05, 0.1) is 25.4 Å². The van der Waals surface area contributed by atoms with Gasteiger partial charge in [-0.25, -0.2) is 0 Å². The van der Waals surface area contributed by atoms with Gasteiger partial charge in [-0.3, -0.25) is 9.59 Å². The zero-order chi connectivity index (χ0) is 59.9. The van der Waals surface area contributed by atoms with E-state index < -0.39 is 12.1 Å². The Morgan fingerprint density at radius 3 is 0.735 bits per heavy atom. The van der Waals surface area contributed by atoms with Gasteiger partial charge in [0.15, 0.2) is 0 Å². The number of amides is 1. The number of hydrogen-bond donors (Lipinski definition) is 3. The molecule has 496 valence electrons. The van der Waals surface area contributed by atoms with Crippen molar-refractivity contribution in [2.24, 2.45) is 0 Å². The molecule has 0 saturated heterocycles. The maximum Gasteiger partial charge on any atom is 0.305 e. The van der Waals surface area contributed by atoms with Crippen molar-refractivity contribution < 1.29 is 24.5 Å². The summed E-state index contributed by atoms with van der Waals surface area (Å²) in [4.78, 5) is 24.6. The highest BCUT2D eigenvalue weighted by atomic mass is 16.5. The zero-order valence-corrected chi connectivity index (χ0v) is 57.0. The van der Waals surface area contributed by atoms with Crippen molar-refractivity contribution in [1.29, 1.82) is 0 Å². The Morgan fingerprint density at radius 1 is 0.289 bits per heavy atom. The van der Waals surface area contributed by atoms with E-state index in [2.05, 4.69) is 19.2 Å². The fraction of sp³-hybridized carbons (Fsp3) is 0.974. The van der Waals surface area contributed by atoms with Gasteiger partial charge in [0.2, 0.25) is 5.91 Å². The van der Waals surface area contributed by atoms with E-state index in [-0.39, 0.29) is 18.5 Å². The molecule has 2 unspecified atom stereocenters. The summed E-state index contributed by atoms with van der Waals surface area (Å²) in [6.07, 6.45) is 90.4. The van der Waals surface area contributed by atoms with Crippen molar-refractivity contribution in [3.63, 3.8) is 0 Å². The Hall–Kier alpha value is -1.14. The second-order valence-electron chi connectivity index (χ2n) is 27.1. The highest BCUT2D eigenvalue weighted by Crippen LogP contribution is 2.20. The molecule has 0 aromatic carbocycles. The van der Waals surface area contributed by atoms with Crippen LogP contribution in [0.2, 0.25) is 0 Å². The summed E-state index contributed by atoms with van der Waals surface area (Å²) in [5.74, 6) is -0.000901. The van der Waals surface area contributed by atoms with Gasteiger partial charge < -0.3 is 20.3 Å². The highest BCUT2D eigenvalue weighted by Gasteiger charge is 2.20. The van der Waals surface area contributed by atoms with Gasteiger partial charge in [0.25, 0.3) is 0 Å². The van der Waals surface area contributed by atoms with Crippen LogP contribution in [0.5, 0.6) is 0 Å². The Balaban J connectivity index is 3.32. The molecule has 3 N–H and O–H groups in total. The molecule has 1 amide bonds. The molecule has 0 radical (unpaired) electrons. The lowest BCUT2D eigenvalue weighted by molar-refractivity contribution is -0.143. The average molecular weight is 1170 g/mol. The topological polar surface area (TPSA) is 95.9 Å². The minimum absolute atomic E-state index is 0.0237. The van der Waals surface area contributed by atoms with Crippen LogP contribution >= 0.6 is 0 Å². The van der Waals surface area contributed by atoms with Crippen molar-refractivity contribution in [3.8, 4) is 0 Å². The van der Waals surface area contributed by atoms with E-state index in [1.54, 1.807) is 0 Å². The Labute approximate surface area is 521 Å². The van der Waals surface area contributed by atoms with E-state index in [1.807, 2.05) is 0 Å². The molecule has 0 aromatic heterocycles. The van der Waals surface area contributed by atoms with Gasteiger partial charge >= 0.3 is 5.97 Å². The third kappa shape index (κ3) is 69.8. The summed E-state index contributed by atoms with van der Waals surface area (Å²) in [5.41, 5.74) is 0. The monoisotopic (exact) mass is 1170 g/mol. The smallest absolute Gasteiger partial charge is 0.305 e. The molecule has 6 nitrogen and oxygen atoms in total. The van der Waals surface area contributed by atoms with Crippen LogP contribution in [0.15, 0.2) is 0 Å². The van der Waals surface area contributed by atoms with E-state index in [4.69, 9.17) is 4.74 Å². The number of hydrogen-bond acceptors (Lipinski definition) is 5. The Bertz CT molecular complexity index is 1210. The number of esters is 1. The van der Waals surface area contributed by atoms with Crippen LogP contribution in [0, 0.1) is 0 Å². The number of rotatable bonds is 74. The van der Waals surface area contributed by atoms with E-state index in [0.29, 0.717) is 25.9 Å². The average Bonchev–Trinajstić information content (AvgIpc) is 3.49. The summed E-state index contributed by atoms with van der Waals surface area (Å²) in [6, 6.07) is -0.538. The van der Waals surface area contributed by atoms with Gasteiger partial charge in [-0.1, -0.05) is 418 Å². The zero-order valence-electron chi connectivity index (χ0n) is 57.0. The van der Waals surface area contributed by atoms with Crippen molar-refractivity contribution in [3.05, 3.63) is 0 Å². The third-order valence-corrected chi connectivity index (χ3v) is 18.7. The van der Waals surface area contributed by atoms with Crippen LogP contribution in [0.4, 0.5) is 0 Å². The molecule has 0 aliphatic carbocycles. The van der Waals surface area contributed by atoms with Crippen LogP contribution in [0.3, 0.4) is 0 Å². The molecule has 0 aliphatic heterocycles. The first-order valence-electron chi connectivity index (χ1n) is 38.8. The standard InChI is InChI=1S/C77H153NO5/c1-3-5-7-9-11-13-15-17-18-19-20-21-33-36-39-42-46-49-53-57-61-65-69-75(80)74(73-79)78-76(81)70-66-62-58-54-50-47-43-40-37-34-31-29-27-25-23-22-24-26-28-30-32-35-38-41-44-48-52-56-60-64-68-72-83-77(82)71-67-63-59-55-51-45-16-14-12-10-8-6-4-2/h74-75,79-80H,3-73H2,1-2H3,(H,78,81). The molecule has 0 spiro atoms. The van der Waals surface area contributed by atoms with Crippen LogP contribution in [-0.4, -0.2) is 47.4 Å². The lowest BCUT2D eigenvalue weighted by Crippen LogP contribution is -2.45. The lowest BCUT2D eigenvalue weighted by Gasteiger charge is -2.22. The number of aliphatic hydroxyl groups excluding tert-OH is 2. The maximum atomic E-state index is 12.6. The molecule has 0 saturated carbocycles. The summed E-state index contributed by atoms with van der Waals surface area (Å²) < 4.78 is 5.50. The molecule has 0 heterocycles. The predicted molar refractivity (Wildman–Crippen MR) is 366 cm³/mol. The molecule has 0 aliphatic rings. The van der Waals surface area contributed by atoms with Gasteiger partial charge in [-0.15, -0.1) is 0 Å². The molecular formula is C77H153NO5. The first kappa shape index (κ1) is 81.9. The molecular weight excluding hydrogens is 1020 g/mol. The summed E-state index contributed by atoms with van der Waals surface area (Å²) in [6.45, 7) is 5.01. The molecule has 0 rings (SSSR count). The van der Waals surface area contributed by atoms with Crippen LogP contribution in [0.25, 0.3) is 0 Å². The SMILES string of the molecule is CCCCCCCCCCCCCCCCCCCCCCCCC(O)C(CO)NC(=O)CCCCCCCCCCCCCCCCCCCCCCCCCCCCCCCCCOC(=O)CCCCCCCCCCCCCCC. The van der Waals surface area contributed by atoms with Crippen LogP contribution in [-0.2, 0) is 14.3 Å². The summed E-state index contributed by atoms with van der Waals surface area (Å²) in [7, 11) is 0. The van der Waals surface area contributed by atoms with Crippen molar-refractivity contribution in [1.82, 2.24) is 5.32 Å². The fourth-order valence-electron chi connectivity index (χ4n) is 12.8. The van der Waals surface area contributed by atoms with Crippen molar-refractivity contribution >= 4 is 11.9 Å². The van der Waals surface area contributed by atoms with Crippen molar-refractivity contribution in [2.75, 3.05) is 13.2 Å².